The highest BCUT2D eigenvalue weighted by Crippen LogP contribution is 2.27. The van der Waals surface area contributed by atoms with E-state index < -0.39 is 0 Å². The first-order chi connectivity index (χ1) is 9.69. The third-order valence-corrected chi connectivity index (χ3v) is 3.71. The van der Waals surface area contributed by atoms with E-state index in [0.29, 0.717) is 11.0 Å². The minimum absolute atomic E-state index is 0.516. The van der Waals surface area contributed by atoms with Crippen LogP contribution in [0.15, 0.2) is 42.5 Å². The van der Waals surface area contributed by atoms with Crippen molar-refractivity contribution in [1.29, 1.82) is 0 Å². The molecule has 3 heteroatoms. The van der Waals surface area contributed by atoms with Crippen LogP contribution in [0.4, 0.5) is 0 Å². The Balaban J connectivity index is 2.28. The molecule has 2 nitrogen and oxygen atoms in total. The van der Waals surface area contributed by atoms with E-state index in [-0.39, 0.29) is 0 Å². The van der Waals surface area contributed by atoms with Crippen molar-refractivity contribution in [3.8, 4) is 11.4 Å². The molecule has 0 spiro atoms. The molecular weight excluding hydrogens is 268 g/mol. The Labute approximate surface area is 123 Å². The summed E-state index contributed by atoms with van der Waals surface area (Å²) in [5.41, 5.74) is 4.33. The first kappa shape index (κ1) is 13.1. The summed E-state index contributed by atoms with van der Waals surface area (Å²) in [7, 11) is 0. The normalized spacial score (nSPS) is 10.9. The lowest BCUT2D eigenvalue weighted by Crippen LogP contribution is -1.95. The van der Waals surface area contributed by atoms with Crippen LogP contribution < -0.4 is 0 Å². The maximum absolute atomic E-state index is 6.33. The van der Waals surface area contributed by atoms with E-state index in [2.05, 4.69) is 37.0 Å². The van der Waals surface area contributed by atoms with Crippen LogP contribution in [-0.4, -0.2) is 9.97 Å². The lowest BCUT2D eigenvalue weighted by atomic mass is 10.1. The van der Waals surface area contributed by atoms with E-state index in [1.54, 1.807) is 0 Å². The fraction of sp³-hybridized carbons (Fsp3) is 0.176. The number of halogens is 1. The fourth-order valence-electron chi connectivity index (χ4n) is 2.37. The predicted octanol–water partition coefficient (Wildman–Crippen LogP) is 4.82. The molecule has 0 saturated heterocycles. The van der Waals surface area contributed by atoms with Crippen LogP contribution in [0.5, 0.6) is 0 Å². The van der Waals surface area contributed by atoms with Gasteiger partial charge in [-0.15, -0.1) is 0 Å². The maximum Gasteiger partial charge on any atom is 0.161 e. The highest BCUT2D eigenvalue weighted by atomic mass is 35.5. The Hall–Kier alpha value is -1.93. The van der Waals surface area contributed by atoms with Gasteiger partial charge in [0, 0.05) is 10.9 Å². The van der Waals surface area contributed by atoms with Crippen LogP contribution in [0.1, 0.15) is 18.1 Å². The average molecular weight is 283 g/mol. The summed E-state index contributed by atoms with van der Waals surface area (Å²) in [6.45, 7) is 4.18. The van der Waals surface area contributed by atoms with Gasteiger partial charge in [-0.25, -0.2) is 9.97 Å². The minimum atomic E-state index is 0.516. The number of hydrogen-bond acceptors (Lipinski definition) is 2. The molecule has 0 fully saturated rings. The van der Waals surface area contributed by atoms with Gasteiger partial charge < -0.3 is 0 Å². The van der Waals surface area contributed by atoms with Crippen LogP contribution >= 0.6 is 11.6 Å². The second kappa shape index (κ2) is 5.22. The Morgan fingerprint density at radius 3 is 2.60 bits per heavy atom. The van der Waals surface area contributed by atoms with Gasteiger partial charge in [0.1, 0.15) is 5.15 Å². The van der Waals surface area contributed by atoms with Crippen molar-refractivity contribution in [2.24, 2.45) is 0 Å². The van der Waals surface area contributed by atoms with Gasteiger partial charge in [0.05, 0.1) is 5.52 Å². The molecule has 1 aromatic heterocycles. The quantitative estimate of drug-likeness (QED) is 0.630. The van der Waals surface area contributed by atoms with Gasteiger partial charge in [0.15, 0.2) is 5.82 Å². The zero-order valence-electron chi connectivity index (χ0n) is 11.5. The van der Waals surface area contributed by atoms with E-state index in [1.165, 1.54) is 11.1 Å². The number of aromatic nitrogens is 2. The van der Waals surface area contributed by atoms with Crippen LogP contribution in [-0.2, 0) is 6.42 Å². The molecule has 3 aromatic rings. The summed E-state index contributed by atoms with van der Waals surface area (Å²) in [6, 6.07) is 14.2. The van der Waals surface area contributed by atoms with Crippen molar-refractivity contribution in [3.63, 3.8) is 0 Å². The molecule has 0 saturated carbocycles. The Bertz CT molecular complexity index is 781. The molecule has 20 heavy (non-hydrogen) atoms. The Kier molecular flexibility index (Phi) is 3.41. The number of nitrogens with zero attached hydrogens (tertiary/aromatic N) is 2. The second-order valence-electron chi connectivity index (χ2n) is 4.87. The third-order valence-electron chi connectivity index (χ3n) is 3.42. The highest BCUT2D eigenvalue weighted by Gasteiger charge is 2.10. The predicted molar refractivity (Wildman–Crippen MR) is 84.1 cm³/mol. The second-order valence-corrected chi connectivity index (χ2v) is 5.23. The van der Waals surface area contributed by atoms with Gasteiger partial charge in [-0.1, -0.05) is 54.4 Å². The fourth-order valence-corrected chi connectivity index (χ4v) is 2.61. The van der Waals surface area contributed by atoms with Gasteiger partial charge in [-0.3, -0.25) is 0 Å². The molecule has 100 valence electrons. The van der Waals surface area contributed by atoms with Crippen molar-refractivity contribution < 1.29 is 0 Å². The Morgan fingerprint density at radius 1 is 1.05 bits per heavy atom. The molecule has 2 aromatic carbocycles. The van der Waals surface area contributed by atoms with E-state index in [4.69, 9.17) is 16.6 Å². The average Bonchev–Trinajstić information content (AvgIpc) is 2.46. The zero-order chi connectivity index (χ0) is 14.1. The van der Waals surface area contributed by atoms with E-state index in [0.717, 1.165) is 22.9 Å². The monoisotopic (exact) mass is 282 g/mol. The van der Waals surface area contributed by atoms with Gasteiger partial charge in [0.2, 0.25) is 0 Å². The number of benzene rings is 2. The van der Waals surface area contributed by atoms with Gasteiger partial charge in [0.25, 0.3) is 0 Å². The molecule has 0 aliphatic carbocycles. The molecule has 0 aliphatic heterocycles. The molecule has 0 bridgehead atoms. The van der Waals surface area contributed by atoms with Crippen molar-refractivity contribution in [1.82, 2.24) is 9.97 Å². The summed E-state index contributed by atoms with van der Waals surface area (Å²) in [5.74, 6) is 0.687. The number of hydrogen-bond donors (Lipinski definition) is 0. The largest absolute Gasteiger partial charge is 0.228 e. The summed E-state index contributed by atoms with van der Waals surface area (Å²) in [6.07, 6.45) is 0.929. The first-order valence-electron chi connectivity index (χ1n) is 6.71. The molecule has 3 rings (SSSR count). The van der Waals surface area contributed by atoms with Crippen molar-refractivity contribution >= 4 is 22.5 Å². The molecule has 0 unspecified atom stereocenters. The van der Waals surface area contributed by atoms with Crippen LogP contribution in [0.25, 0.3) is 22.3 Å². The van der Waals surface area contributed by atoms with Crippen LogP contribution in [0.2, 0.25) is 5.15 Å². The summed E-state index contributed by atoms with van der Waals surface area (Å²) in [4.78, 5) is 9.17. The lowest BCUT2D eigenvalue weighted by Gasteiger charge is -2.08. The van der Waals surface area contributed by atoms with Gasteiger partial charge in [-0.2, -0.15) is 0 Å². The minimum Gasteiger partial charge on any atom is -0.228 e. The first-order valence-corrected chi connectivity index (χ1v) is 7.09. The molecule has 0 N–H and O–H groups in total. The van der Waals surface area contributed by atoms with Gasteiger partial charge in [-0.05, 0) is 31.0 Å². The molecule has 0 radical (unpaired) electrons. The zero-order valence-corrected chi connectivity index (χ0v) is 12.3. The lowest BCUT2D eigenvalue weighted by molar-refractivity contribution is 1.13. The molecule has 0 aliphatic rings. The van der Waals surface area contributed by atoms with Crippen molar-refractivity contribution in [2.45, 2.75) is 20.3 Å². The third kappa shape index (κ3) is 2.27. The summed E-state index contributed by atoms with van der Waals surface area (Å²) < 4.78 is 0. The molecule has 1 heterocycles. The van der Waals surface area contributed by atoms with Crippen molar-refractivity contribution in [3.05, 3.63) is 58.7 Å². The standard InChI is InChI=1S/C17H15ClN2/c1-3-12-7-5-9-14-15(12)19-17(20-16(14)18)13-8-4-6-11(2)10-13/h4-10H,3H2,1-2H3. The highest BCUT2D eigenvalue weighted by molar-refractivity contribution is 6.34. The summed E-state index contributed by atoms with van der Waals surface area (Å²) in [5, 5.41) is 1.43. The smallest absolute Gasteiger partial charge is 0.161 e. The van der Waals surface area contributed by atoms with Crippen LogP contribution in [0, 0.1) is 6.92 Å². The summed E-state index contributed by atoms with van der Waals surface area (Å²) >= 11 is 6.33. The number of aryl methyl sites for hydroxylation is 2. The topological polar surface area (TPSA) is 25.8 Å². The van der Waals surface area contributed by atoms with Gasteiger partial charge >= 0.3 is 0 Å². The maximum atomic E-state index is 6.33. The van der Waals surface area contributed by atoms with E-state index in [1.807, 2.05) is 24.3 Å². The molecular formula is C17H15ClN2. The van der Waals surface area contributed by atoms with E-state index >= 15 is 0 Å². The molecule has 0 amide bonds. The number of para-hydroxylation sites is 1. The van der Waals surface area contributed by atoms with Crippen LogP contribution in [0.3, 0.4) is 0 Å². The SMILES string of the molecule is CCc1cccc2c(Cl)nc(-c3cccc(C)c3)nc12. The molecule has 0 atom stereocenters. The number of rotatable bonds is 2. The van der Waals surface area contributed by atoms with E-state index in [9.17, 15) is 0 Å². The Morgan fingerprint density at radius 2 is 1.85 bits per heavy atom. The number of fused-ring (bicyclic) bond motifs is 1. The van der Waals surface area contributed by atoms with Crippen molar-refractivity contribution in [2.75, 3.05) is 0 Å².